The van der Waals surface area contributed by atoms with Crippen LogP contribution in [0, 0.1) is 11.3 Å². The summed E-state index contributed by atoms with van der Waals surface area (Å²) in [6.45, 7) is 0. The van der Waals surface area contributed by atoms with Gasteiger partial charge in [0.25, 0.3) is 0 Å². The number of aliphatic hydroxyl groups excluding tert-OH is 1. The van der Waals surface area contributed by atoms with Crippen LogP contribution in [0.15, 0.2) is 12.3 Å². The maximum Gasteiger partial charge on any atom is 0.101 e. The van der Waals surface area contributed by atoms with Gasteiger partial charge in [-0.15, -0.1) is 0 Å². The maximum atomic E-state index is 9.58. The number of aromatic nitrogens is 1. The minimum absolute atomic E-state index is 0.434. The van der Waals surface area contributed by atoms with Crippen molar-refractivity contribution in [2.75, 3.05) is 0 Å². The van der Waals surface area contributed by atoms with Crippen molar-refractivity contribution < 1.29 is 5.11 Å². The maximum absolute atomic E-state index is 9.58. The van der Waals surface area contributed by atoms with E-state index in [-0.39, 0.29) is 0 Å². The Morgan fingerprint density at radius 2 is 2.46 bits per heavy atom. The summed E-state index contributed by atoms with van der Waals surface area (Å²) in [4.78, 5) is 4.10. The molecule has 0 spiro atoms. The zero-order valence-corrected chi connectivity index (χ0v) is 7.20. The van der Waals surface area contributed by atoms with Crippen LogP contribution in [-0.4, -0.2) is 10.1 Å². The van der Waals surface area contributed by atoms with E-state index >= 15 is 0 Å². The van der Waals surface area contributed by atoms with Crippen molar-refractivity contribution in [3.8, 4) is 6.07 Å². The largest absolute Gasteiger partial charge is 0.387 e. The molecule has 13 heavy (non-hydrogen) atoms. The molecule has 3 heteroatoms. The van der Waals surface area contributed by atoms with Gasteiger partial charge < -0.3 is 5.11 Å². The highest BCUT2D eigenvalue weighted by atomic mass is 16.3. The van der Waals surface area contributed by atoms with E-state index in [4.69, 9.17) is 5.26 Å². The fourth-order valence-electron chi connectivity index (χ4n) is 1.70. The minimum atomic E-state index is -0.434. The van der Waals surface area contributed by atoms with Crippen LogP contribution in [-0.2, 0) is 6.42 Å². The van der Waals surface area contributed by atoms with E-state index in [9.17, 15) is 5.11 Å². The summed E-state index contributed by atoms with van der Waals surface area (Å²) < 4.78 is 0. The number of hydrogen-bond acceptors (Lipinski definition) is 3. The molecule has 2 rings (SSSR count). The average molecular weight is 174 g/mol. The predicted molar refractivity (Wildman–Crippen MR) is 46.8 cm³/mol. The van der Waals surface area contributed by atoms with Crippen molar-refractivity contribution >= 4 is 0 Å². The summed E-state index contributed by atoms with van der Waals surface area (Å²) in [5.74, 6) is 0. The third kappa shape index (κ3) is 1.41. The van der Waals surface area contributed by atoms with Gasteiger partial charge in [0.15, 0.2) is 0 Å². The molecule has 0 bridgehead atoms. The quantitative estimate of drug-likeness (QED) is 0.645. The fraction of sp³-hybridized carbons (Fsp3) is 0.400. The summed E-state index contributed by atoms with van der Waals surface area (Å²) in [5.41, 5.74) is 2.36. The lowest BCUT2D eigenvalue weighted by molar-refractivity contribution is 0.151. The molecular formula is C10H10N2O. The molecule has 1 aliphatic carbocycles. The van der Waals surface area contributed by atoms with Gasteiger partial charge in [-0.2, -0.15) is 5.26 Å². The van der Waals surface area contributed by atoms with Crippen molar-refractivity contribution in [1.29, 1.82) is 5.26 Å². The third-order valence-corrected chi connectivity index (χ3v) is 2.37. The molecule has 1 aromatic heterocycles. The Labute approximate surface area is 76.7 Å². The molecule has 0 fully saturated rings. The number of nitriles is 1. The van der Waals surface area contributed by atoms with Crippen molar-refractivity contribution in [2.24, 2.45) is 0 Å². The second-order valence-electron chi connectivity index (χ2n) is 3.29. The van der Waals surface area contributed by atoms with Gasteiger partial charge in [-0.1, -0.05) is 0 Å². The predicted octanol–water partition coefficient (Wildman–Crippen LogP) is 1.32. The van der Waals surface area contributed by atoms with Gasteiger partial charge in [-0.05, 0) is 30.9 Å². The van der Waals surface area contributed by atoms with E-state index in [1.165, 1.54) is 6.20 Å². The van der Waals surface area contributed by atoms with Crippen LogP contribution in [0.2, 0.25) is 0 Å². The Morgan fingerprint density at radius 1 is 1.62 bits per heavy atom. The standard InChI is InChI=1S/C10H10N2O/c11-5-7-4-8-2-1-3-9(13)10(8)12-6-7/h4,6,9,13H,1-3H2/t9-/m1/s1. The molecule has 1 aliphatic rings. The zero-order valence-electron chi connectivity index (χ0n) is 7.20. The molecule has 1 N–H and O–H groups in total. The fourth-order valence-corrected chi connectivity index (χ4v) is 1.70. The number of hydrogen-bond donors (Lipinski definition) is 1. The van der Waals surface area contributed by atoms with E-state index in [1.54, 1.807) is 0 Å². The molecule has 1 aromatic rings. The monoisotopic (exact) mass is 174 g/mol. The average Bonchev–Trinajstić information content (AvgIpc) is 2.18. The van der Waals surface area contributed by atoms with Gasteiger partial charge in [0.2, 0.25) is 0 Å². The Kier molecular flexibility index (Phi) is 1.99. The van der Waals surface area contributed by atoms with Crippen LogP contribution in [0.4, 0.5) is 0 Å². The smallest absolute Gasteiger partial charge is 0.101 e. The summed E-state index contributed by atoms with van der Waals surface area (Å²) in [5, 5.41) is 18.2. The second kappa shape index (κ2) is 3.15. The van der Waals surface area contributed by atoms with Gasteiger partial charge in [-0.25, -0.2) is 0 Å². The third-order valence-electron chi connectivity index (χ3n) is 2.37. The topological polar surface area (TPSA) is 56.9 Å². The van der Waals surface area contributed by atoms with Crippen LogP contribution >= 0.6 is 0 Å². The van der Waals surface area contributed by atoms with Crippen LogP contribution in [0.1, 0.15) is 35.8 Å². The van der Waals surface area contributed by atoms with E-state index in [2.05, 4.69) is 4.98 Å². The van der Waals surface area contributed by atoms with Crippen LogP contribution < -0.4 is 0 Å². The lowest BCUT2D eigenvalue weighted by Gasteiger charge is -2.19. The molecular weight excluding hydrogens is 164 g/mol. The molecule has 0 aromatic carbocycles. The normalized spacial score (nSPS) is 20.5. The van der Waals surface area contributed by atoms with E-state index in [0.29, 0.717) is 5.56 Å². The number of pyridine rings is 1. The molecule has 0 unspecified atom stereocenters. The molecule has 3 nitrogen and oxygen atoms in total. The van der Waals surface area contributed by atoms with Gasteiger partial charge >= 0.3 is 0 Å². The first-order valence-corrected chi connectivity index (χ1v) is 4.38. The van der Waals surface area contributed by atoms with E-state index in [1.807, 2.05) is 12.1 Å². The highest BCUT2D eigenvalue weighted by Crippen LogP contribution is 2.27. The first-order chi connectivity index (χ1) is 6.31. The Hall–Kier alpha value is -1.40. The number of fused-ring (bicyclic) bond motifs is 1. The summed E-state index contributed by atoms with van der Waals surface area (Å²) in [7, 11) is 0. The first kappa shape index (κ1) is 8.21. The molecule has 1 heterocycles. The first-order valence-electron chi connectivity index (χ1n) is 4.38. The lowest BCUT2D eigenvalue weighted by Crippen LogP contribution is -2.11. The van der Waals surface area contributed by atoms with Crippen molar-refractivity contribution in [2.45, 2.75) is 25.4 Å². The zero-order chi connectivity index (χ0) is 9.26. The van der Waals surface area contributed by atoms with Crippen molar-refractivity contribution in [3.05, 3.63) is 29.1 Å². The summed E-state index contributed by atoms with van der Waals surface area (Å²) in [6.07, 6.45) is 3.77. The lowest BCUT2D eigenvalue weighted by atomic mass is 9.93. The van der Waals surface area contributed by atoms with E-state index < -0.39 is 6.10 Å². The van der Waals surface area contributed by atoms with Crippen molar-refractivity contribution in [3.63, 3.8) is 0 Å². The molecule has 66 valence electrons. The Balaban J connectivity index is 2.47. The number of nitrogens with zero attached hydrogens (tertiary/aromatic N) is 2. The SMILES string of the molecule is N#Cc1cnc2c(c1)CCC[C@H]2O. The highest BCUT2D eigenvalue weighted by Gasteiger charge is 2.19. The van der Waals surface area contributed by atoms with Gasteiger partial charge in [0.05, 0.1) is 17.4 Å². The van der Waals surface area contributed by atoms with Crippen LogP contribution in [0.25, 0.3) is 0 Å². The molecule has 0 radical (unpaired) electrons. The van der Waals surface area contributed by atoms with Crippen LogP contribution in [0.3, 0.4) is 0 Å². The number of rotatable bonds is 0. The highest BCUT2D eigenvalue weighted by molar-refractivity contribution is 5.34. The molecule has 0 saturated carbocycles. The van der Waals surface area contributed by atoms with Gasteiger partial charge in [0.1, 0.15) is 6.07 Å². The molecule has 0 aliphatic heterocycles. The van der Waals surface area contributed by atoms with Gasteiger partial charge in [0, 0.05) is 6.20 Å². The minimum Gasteiger partial charge on any atom is -0.387 e. The van der Waals surface area contributed by atoms with Gasteiger partial charge in [-0.3, -0.25) is 4.98 Å². The summed E-state index contributed by atoms with van der Waals surface area (Å²) in [6, 6.07) is 3.87. The van der Waals surface area contributed by atoms with Crippen molar-refractivity contribution in [1.82, 2.24) is 4.98 Å². The molecule has 0 saturated heterocycles. The summed E-state index contributed by atoms with van der Waals surface area (Å²) >= 11 is 0. The number of aryl methyl sites for hydroxylation is 1. The number of aliphatic hydroxyl groups is 1. The Bertz CT molecular complexity index is 368. The molecule has 1 atom stereocenters. The van der Waals surface area contributed by atoms with E-state index in [0.717, 1.165) is 30.5 Å². The Morgan fingerprint density at radius 3 is 3.23 bits per heavy atom. The van der Waals surface area contributed by atoms with Crippen LogP contribution in [0.5, 0.6) is 0 Å². The second-order valence-corrected chi connectivity index (χ2v) is 3.29. The molecule has 0 amide bonds.